The molecule has 2 unspecified atom stereocenters. The SMILES string of the molecule is CCSC1CCCC1Nc1cnn(CC)c(=O)c1Cl. The Kier molecular flexibility index (Phi) is 5.16. The zero-order valence-corrected chi connectivity index (χ0v) is 12.9. The van der Waals surface area contributed by atoms with E-state index in [0.717, 1.165) is 12.2 Å². The lowest BCUT2D eigenvalue weighted by Crippen LogP contribution is -2.29. The second-order valence-electron chi connectivity index (χ2n) is 4.67. The molecule has 0 aliphatic heterocycles. The first-order valence-electron chi connectivity index (χ1n) is 6.81. The van der Waals surface area contributed by atoms with Crippen molar-refractivity contribution in [2.75, 3.05) is 11.1 Å². The number of aryl methyl sites for hydroxylation is 1. The highest BCUT2D eigenvalue weighted by molar-refractivity contribution is 7.99. The van der Waals surface area contributed by atoms with Crippen LogP contribution >= 0.6 is 23.4 Å². The van der Waals surface area contributed by atoms with Crippen molar-refractivity contribution >= 4 is 29.1 Å². The number of rotatable bonds is 5. The molecule has 6 heteroatoms. The molecule has 1 aliphatic carbocycles. The fourth-order valence-corrected chi connectivity index (χ4v) is 3.89. The molecule has 1 saturated carbocycles. The molecule has 0 aromatic carbocycles. The van der Waals surface area contributed by atoms with Gasteiger partial charge in [-0.2, -0.15) is 16.9 Å². The van der Waals surface area contributed by atoms with Crippen LogP contribution in [0.15, 0.2) is 11.0 Å². The second-order valence-corrected chi connectivity index (χ2v) is 6.56. The van der Waals surface area contributed by atoms with E-state index in [1.165, 1.54) is 17.5 Å². The lowest BCUT2D eigenvalue weighted by Gasteiger charge is -2.21. The van der Waals surface area contributed by atoms with Crippen molar-refractivity contribution in [1.82, 2.24) is 9.78 Å². The second kappa shape index (κ2) is 6.66. The third-order valence-corrected chi connectivity index (χ3v) is 5.15. The van der Waals surface area contributed by atoms with Gasteiger partial charge >= 0.3 is 0 Å². The van der Waals surface area contributed by atoms with E-state index in [0.29, 0.717) is 23.5 Å². The summed E-state index contributed by atoms with van der Waals surface area (Å²) in [6.07, 6.45) is 5.25. The molecule has 1 aliphatic rings. The first-order chi connectivity index (χ1) is 9.17. The summed E-state index contributed by atoms with van der Waals surface area (Å²) in [7, 11) is 0. The van der Waals surface area contributed by atoms with Crippen LogP contribution in [0.5, 0.6) is 0 Å². The maximum atomic E-state index is 11.9. The van der Waals surface area contributed by atoms with E-state index in [2.05, 4.69) is 17.3 Å². The van der Waals surface area contributed by atoms with E-state index in [-0.39, 0.29) is 10.6 Å². The molecule has 2 atom stereocenters. The van der Waals surface area contributed by atoms with Gasteiger partial charge in [0, 0.05) is 17.8 Å². The third-order valence-electron chi connectivity index (χ3n) is 3.46. The number of thioether (sulfide) groups is 1. The molecule has 0 spiro atoms. The van der Waals surface area contributed by atoms with Crippen LogP contribution in [0, 0.1) is 0 Å². The lowest BCUT2D eigenvalue weighted by molar-refractivity contribution is 0.615. The van der Waals surface area contributed by atoms with Crippen molar-refractivity contribution in [3.8, 4) is 0 Å². The minimum absolute atomic E-state index is 0.216. The number of hydrogen-bond acceptors (Lipinski definition) is 4. The Balaban J connectivity index is 2.15. The zero-order valence-electron chi connectivity index (χ0n) is 11.4. The van der Waals surface area contributed by atoms with Gasteiger partial charge in [0.05, 0.1) is 11.9 Å². The first-order valence-corrected chi connectivity index (χ1v) is 8.23. The summed E-state index contributed by atoms with van der Waals surface area (Å²) in [6.45, 7) is 4.59. The fraction of sp³-hybridized carbons (Fsp3) is 0.692. The Bertz CT molecular complexity index is 491. The summed E-state index contributed by atoms with van der Waals surface area (Å²) in [5, 5.41) is 8.39. The molecule has 2 rings (SSSR count). The van der Waals surface area contributed by atoms with Crippen LogP contribution in [0.1, 0.15) is 33.1 Å². The molecule has 1 N–H and O–H groups in total. The normalized spacial score (nSPS) is 22.7. The lowest BCUT2D eigenvalue weighted by atomic mass is 10.2. The van der Waals surface area contributed by atoms with Crippen LogP contribution in [-0.2, 0) is 6.54 Å². The van der Waals surface area contributed by atoms with Crippen LogP contribution < -0.4 is 10.9 Å². The molecule has 0 bridgehead atoms. The van der Waals surface area contributed by atoms with Gasteiger partial charge in [0.1, 0.15) is 5.02 Å². The van der Waals surface area contributed by atoms with Gasteiger partial charge in [-0.05, 0) is 25.5 Å². The average molecular weight is 302 g/mol. The van der Waals surface area contributed by atoms with Crippen molar-refractivity contribution < 1.29 is 0 Å². The van der Waals surface area contributed by atoms with Gasteiger partial charge in [-0.15, -0.1) is 0 Å². The van der Waals surface area contributed by atoms with E-state index in [4.69, 9.17) is 11.6 Å². The van der Waals surface area contributed by atoms with Gasteiger partial charge in [0.25, 0.3) is 5.56 Å². The molecule has 4 nitrogen and oxygen atoms in total. The van der Waals surface area contributed by atoms with Crippen LogP contribution in [-0.4, -0.2) is 26.8 Å². The van der Waals surface area contributed by atoms with E-state index >= 15 is 0 Å². The van der Waals surface area contributed by atoms with Crippen molar-refractivity contribution in [2.45, 2.75) is 50.9 Å². The Labute approximate surface area is 122 Å². The molecular weight excluding hydrogens is 282 g/mol. The van der Waals surface area contributed by atoms with Crippen molar-refractivity contribution in [1.29, 1.82) is 0 Å². The van der Waals surface area contributed by atoms with Gasteiger partial charge in [-0.1, -0.05) is 24.9 Å². The number of nitrogens with one attached hydrogen (secondary N) is 1. The van der Waals surface area contributed by atoms with E-state index in [9.17, 15) is 4.79 Å². The number of hydrogen-bond donors (Lipinski definition) is 1. The van der Waals surface area contributed by atoms with Gasteiger partial charge in [-0.3, -0.25) is 4.79 Å². The smallest absolute Gasteiger partial charge is 0.287 e. The highest BCUT2D eigenvalue weighted by atomic mass is 35.5. The topological polar surface area (TPSA) is 46.9 Å². The molecule has 0 saturated heterocycles. The first kappa shape index (κ1) is 14.7. The Morgan fingerprint density at radius 3 is 3.00 bits per heavy atom. The maximum absolute atomic E-state index is 11.9. The van der Waals surface area contributed by atoms with Crippen molar-refractivity contribution in [3.63, 3.8) is 0 Å². The number of aromatic nitrogens is 2. The van der Waals surface area contributed by atoms with Crippen LogP contribution in [0.2, 0.25) is 5.02 Å². The van der Waals surface area contributed by atoms with Crippen LogP contribution in [0.25, 0.3) is 0 Å². The summed E-state index contributed by atoms with van der Waals surface area (Å²) in [5.41, 5.74) is 0.455. The van der Waals surface area contributed by atoms with Gasteiger partial charge in [0.2, 0.25) is 0 Å². The van der Waals surface area contributed by atoms with Gasteiger partial charge in [-0.25, -0.2) is 4.68 Å². The number of anilines is 1. The van der Waals surface area contributed by atoms with E-state index < -0.39 is 0 Å². The molecule has 1 fully saturated rings. The molecule has 0 amide bonds. The number of halogens is 1. The average Bonchev–Trinajstić information content (AvgIpc) is 2.83. The van der Waals surface area contributed by atoms with Crippen molar-refractivity contribution in [3.05, 3.63) is 21.6 Å². The molecule has 0 radical (unpaired) electrons. The molecule has 1 aromatic rings. The predicted molar refractivity (Wildman–Crippen MR) is 82.4 cm³/mol. The Morgan fingerprint density at radius 1 is 1.53 bits per heavy atom. The molecule has 1 aromatic heterocycles. The minimum Gasteiger partial charge on any atom is -0.379 e. The molecule has 19 heavy (non-hydrogen) atoms. The highest BCUT2D eigenvalue weighted by Crippen LogP contribution is 2.32. The van der Waals surface area contributed by atoms with Crippen LogP contribution in [0.3, 0.4) is 0 Å². The minimum atomic E-state index is -0.216. The molecular formula is C13H20ClN3OS. The largest absolute Gasteiger partial charge is 0.379 e. The highest BCUT2D eigenvalue weighted by Gasteiger charge is 2.27. The van der Waals surface area contributed by atoms with E-state index in [1.54, 1.807) is 6.20 Å². The van der Waals surface area contributed by atoms with Crippen LogP contribution in [0.4, 0.5) is 5.69 Å². The summed E-state index contributed by atoms with van der Waals surface area (Å²) in [6, 6.07) is 0.390. The summed E-state index contributed by atoms with van der Waals surface area (Å²) in [5.74, 6) is 1.12. The summed E-state index contributed by atoms with van der Waals surface area (Å²) in [4.78, 5) is 11.9. The molecule has 106 valence electrons. The van der Waals surface area contributed by atoms with Crippen molar-refractivity contribution in [2.24, 2.45) is 0 Å². The van der Waals surface area contributed by atoms with E-state index in [1.807, 2.05) is 18.7 Å². The van der Waals surface area contributed by atoms with Gasteiger partial charge in [0.15, 0.2) is 0 Å². The molecule has 1 heterocycles. The predicted octanol–water partition coefficient (Wildman–Crippen LogP) is 3.00. The Morgan fingerprint density at radius 2 is 2.32 bits per heavy atom. The summed E-state index contributed by atoms with van der Waals surface area (Å²) < 4.78 is 1.38. The third kappa shape index (κ3) is 3.26. The quantitative estimate of drug-likeness (QED) is 0.908. The summed E-state index contributed by atoms with van der Waals surface area (Å²) >= 11 is 8.11. The zero-order chi connectivity index (χ0) is 13.8. The fourth-order valence-electron chi connectivity index (χ4n) is 2.50. The maximum Gasteiger partial charge on any atom is 0.287 e. The monoisotopic (exact) mass is 301 g/mol. The number of nitrogens with zero attached hydrogens (tertiary/aromatic N) is 2. The Hall–Kier alpha value is -0.680. The van der Waals surface area contributed by atoms with Gasteiger partial charge < -0.3 is 5.32 Å². The standard InChI is InChI=1S/C13H20ClN3OS/c1-3-17-13(18)12(14)10(8-15-17)16-9-6-5-7-11(9)19-4-2/h8-9,11,16H,3-7H2,1-2H3.